The molecule has 0 bridgehead atoms. The molecule has 0 fully saturated rings. The molecular weight excluding hydrogens is 272 g/mol. The highest BCUT2D eigenvalue weighted by Crippen LogP contribution is 2.34. The van der Waals surface area contributed by atoms with E-state index in [0.29, 0.717) is 6.54 Å². The third kappa shape index (κ3) is 3.33. The average molecular weight is 296 g/mol. The van der Waals surface area contributed by atoms with Crippen LogP contribution in [0.4, 0.5) is 5.69 Å². The number of anilines is 1. The molecule has 1 aromatic carbocycles. The van der Waals surface area contributed by atoms with Crippen LogP contribution in [0.25, 0.3) is 0 Å². The Labute approximate surface area is 122 Å². The molecule has 1 unspecified atom stereocenters. The maximum atomic E-state index is 12.7. The molecule has 4 nitrogen and oxygen atoms in total. The molecule has 2 rings (SSSR count). The van der Waals surface area contributed by atoms with Crippen molar-refractivity contribution < 1.29 is 8.42 Å². The Balaban J connectivity index is 2.44. The molecule has 5 heteroatoms. The van der Waals surface area contributed by atoms with Gasteiger partial charge in [-0.05, 0) is 29.9 Å². The molecule has 0 amide bonds. The first-order valence-corrected chi connectivity index (χ1v) is 8.66. The molecule has 2 N–H and O–H groups in total. The Hall–Kier alpha value is -1.07. The number of nitrogens with zero attached hydrogens (tertiary/aromatic N) is 1. The first kappa shape index (κ1) is 15.3. The van der Waals surface area contributed by atoms with Crippen LogP contribution in [0.5, 0.6) is 0 Å². The number of fused-ring (bicyclic) bond motifs is 1. The van der Waals surface area contributed by atoms with Crippen molar-refractivity contribution in [3.05, 3.63) is 29.8 Å². The number of rotatable bonds is 2. The summed E-state index contributed by atoms with van der Waals surface area (Å²) in [6.45, 7) is 6.35. The molecule has 0 spiro atoms. The molecule has 1 aromatic rings. The smallest absolute Gasteiger partial charge is 0.235 e. The summed E-state index contributed by atoms with van der Waals surface area (Å²) in [7, 11) is -3.32. The van der Waals surface area contributed by atoms with Gasteiger partial charge in [0.15, 0.2) is 0 Å². The second-order valence-corrected chi connectivity index (χ2v) is 8.59. The summed E-state index contributed by atoms with van der Waals surface area (Å²) in [5.74, 6) is 0.142. The lowest BCUT2D eigenvalue weighted by atomic mass is 10.0. The predicted octanol–water partition coefficient (Wildman–Crippen LogP) is 2.66. The first-order valence-electron chi connectivity index (χ1n) is 7.06. The second-order valence-electron chi connectivity index (χ2n) is 6.70. The molecular formula is C15H24N2O2S. The molecule has 1 aliphatic heterocycles. The average Bonchev–Trinajstić information content (AvgIpc) is 2.47. The fourth-order valence-electron chi connectivity index (χ4n) is 2.67. The monoisotopic (exact) mass is 296 g/mol. The summed E-state index contributed by atoms with van der Waals surface area (Å²) < 4.78 is 27.0. The molecule has 0 radical (unpaired) electrons. The van der Waals surface area contributed by atoms with Gasteiger partial charge in [0.1, 0.15) is 0 Å². The van der Waals surface area contributed by atoms with E-state index in [1.54, 1.807) is 4.31 Å². The first-order chi connectivity index (χ1) is 9.21. The van der Waals surface area contributed by atoms with Gasteiger partial charge in [-0.2, -0.15) is 0 Å². The third-order valence-corrected chi connectivity index (χ3v) is 5.71. The molecule has 0 saturated heterocycles. The van der Waals surface area contributed by atoms with E-state index in [4.69, 9.17) is 5.73 Å². The maximum absolute atomic E-state index is 12.7. The van der Waals surface area contributed by atoms with Crippen LogP contribution in [0, 0.1) is 5.41 Å². The van der Waals surface area contributed by atoms with E-state index in [1.165, 1.54) is 0 Å². The summed E-state index contributed by atoms with van der Waals surface area (Å²) in [5, 5.41) is 0. The maximum Gasteiger partial charge on any atom is 0.235 e. The Morgan fingerprint density at radius 1 is 1.30 bits per heavy atom. The van der Waals surface area contributed by atoms with Gasteiger partial charge in [-0.3, -0.25) is 4.31 Å². The lowest BCUT2D eigenvalue weighted by Crippen LogP contribution is -2.37. The van der Waals surface area contributed by atoms with E-state index in [0.717, 1.165) is 24.1 Å². The van der Waals surface area contributed by atoms with Crippen molar-refractivity contribution in [3.8, 4) is 0 Å². The third-order valence-electron chi connectivity index (χ3n) is 3.43. The van der Waals surface area contributed by atoms with Gasteiger partial charge in [0.05, 0.1) is 11.4 Å². The van der Waals surface area contributed by atoms with Crippen LogP contribution in [-0.2, 0) is 10.0 Å². The van der Waals surface area contributed by atoms with E-state index in [9.17, 15) is 8.42 Å². The normalized spacial score (nSPS) is 20.4. The quantitative estimate of drug-likeness (QED) is 0.912. The highest BCUT2D eigenvalue weighted by Gasteiger charge is 2.31. The van der Waals surface area contributed by atoms with Crippen molar-refractivity contribution in [2.24, 2.45) is 11.1 Å². The largest absolute Gasteiger partial charge is 0.324 e. The second kappa shape index (κ2) is 5.37. The number of hydrogen-bond donors (Lipinski definition) is 1. The summed E-state index contributed by atoms with van der Waals surface area (Å²) in [6, 6.07) is 7.50. The zero-order chi connectivity index (χ0) is 15.0. The van der Waals surface area contributed by atoms with Crippen molar-refractivity contribution in [3.63, 3.8) is 0 Å². The van der Waals surface area contributed by atoms with Gasteiger partial charge in [-0.25, -0.2) is 8.42 Å². The van der Waals surface area contributed by atoms with Crippen LogP contribution < -0.4 is 10.0 Å². The van der Waals surface area contributed by atoms with Crippen molar-refractivity contribution in [2.75, 3.05) is 16.6 Å². The molecule has 1 heterocycles. The summed E-state index contributed by atoms with van der Waals surface area (Å²) in [5.41, 5.74) is 7.58. The van der Waals surface area contributed by atoms with Crippen LogP contribution in [0.2, 0.25) is 0 Å². The van der Waals surface area contributed by atoms with Gasteiger partial charge in [0.2, 0.25) is 10.0 Å². The minimum atomic E-state index is -3.32. The standard InChI is InChI=1S/C15H24N2O2S/c1-15(2,3)11-20(18,19)17-10-6-8-13(16)12-7-4-5-9-14(12)17/h4-5,7,9,13H,6,8,10-11,16H2,1-3H3. The van der Waals surface area contributed by atoms with Gasteiger partial charge >= 0.3 is 0 Å². The predicted molar refractivity (Wildman–Crippen MR) is 83.2 cm³/mol. The van der Waals surface area contributed by atoms with Gasteiger partial charge in [0, 0.05) is 12.6 Å². The van der Waals surface area contributed by atoms with E-state index >= 15 is 0 Å². The SMILES string of the molecule is CC(C)(C)CS(=O)(=O)N1CCCC(N)c2ccccc21. The Morgan fingerprint density at radius 3 is 2.60 bits per heavy atom. The topological polar surface area (TPSA) is 63.4 Å². The van der Waals surface area contributed by atoms with Crippen LogP contribution in [0.1, 0.15) is 45.2 Å². The molecule has 0 aliphatic carbocycles. The van der Waals surface area contributed by atoms with E-state index in [1.807, 2.05) is 45.0 Å². The Kier molecular flexibility index (Phi) is 4.12. The zero-order valence-corrected chi connectivity index (χ0v) is 13.3. The molecule has 1 atom stereocenters. The van der Waals surface area contributed by atoms with Crippen molar-refractivity contribution in [1.29, 1.82) is 0 Å². The van der Waals surface area contributed by atoms with Crippen molar-refractivity contribution in [1.82, 2.24) is 0 Å². The Bertz CT molecular complexity index is 576. The summed E-state index contributed by atoms with van der Waals surface area (Å²) in [4.78, 5) is 0. The fraction of sp³-hybridized carbons (Fsp3) is 0.600. The number of nitrogens with two attached hydrogens (primary N) is 1. The van der Waals surface area contributed by atoms with Crippen LogP contribution >= 0.6 is 0 Å². The minimum absolute atomic E-state index is 0.0824. The van der Waals surface area contributed by atoms with Gasteiger partial charge in [-0.1, -0.05) is 39.0 Å². The van der Waals surface area contributed by atoms with E-state index < -0.39 is 10.0 Å². The Morgan fingerprint density at radius 2 is 1.95 bits per heavy atom. The summed E-state index contributed by atoms with van der Waals surface area (Å²) in [6.07, 6.45) is 1.61. The van der Waals surface area contributed by atoms with E-state index in [-0.39, 0.29) is 17.2 Å². The van der Waals surface area contributed by atoms with E-state index in [2.05, 4.69) is 0 Å². The fourth-order valence-corrected chi connectivity index (χ4v) is 4.80. The lowest BCUT2D eigenvalue weighted by molar-refractivity contribution is 0.460. The number of sulfonamides is 1. The van der Waals surface area contributed by atoms with Crippen molar-refractivity contribution >= 4 is 15.7 Å². The highest BCUT2D eigenvalue weighted by atomic mass is 32.2. The summed E-state index contributed by atoms with van der Waals surface area (Å²) >= 11 is 0. The van der Waals surface area contributed by atoms with Gasteiger partial charge in [0.25, 0.3) is 0 Å². The highest BCUT2D eigenvalue weighted by molar-refractivity contribution is 7.92. The lowest BCUT2D eigenvalue weighted by Gasteiger charge is -2.28. The van der Waals surface area contributed by atoms with Crippen molar-refractivity contribution in [2.45, 2.75) is 39.7 Å². The van der Waals surface area contributed by atoms with Gasteiger partial charge in [-0.15, -0.1) is 0 Å². The van der Waals surface area contributed by atoms with Crippen LogP contribution in [0.3, 0.4) is 0 Å². The van der Waals surface area contributed by atoms with Gasteiger partial charge < -0.3 is 5.73 Å². The minimum Gasteiger partial charge on any atom is -0.324 e. The number of para-hydroxylation sites is 1. The van der Waals surface area contributed by atoms with Crippen LogP contribution in [-0.4, -0.2) is 20.7 Å². The number of benzene rings is 1. The molecule has 1 aliphatic rings. The van der Waals surface area contributed by atoms with Crippen LogP contribution in [0.15, 0.2) is 24.3 Å². The molecule has 0 saturated carbocycles. The molecule has 0 aromatic heterocycles. The molecule has 20 heavy (non-hydrogen) atoms. The molecule has 112 valence electrons. The number of hydrogen-bond acceptors (Lipinski definition) is 3. The zero-order valence-electron chi connectivity index (χ0n) is 12.5.